The summed E-state index contributed by atoms with van der Waals surface area (Å²) >= 11 is 6.24. The fourth-order valence-electron chi connectivity index (χ4n) is 2.51. The molecule has 0 unspecified atom stereocenters. The summed E-state index contributed by atoms with van der Waals surface area (Å²) in [5, 5.41) is 5.11. The Kier molecular flexibility index (Phi) is 5.81. The minimum absolute atomic E-state index is 0.513. The SMILES string of the molecule is CCN(C)/C=N/c1cc(C)c(Oc2ccn(-c3ccccc3Cl)n2)cc1C. The molecule has 0 spiro atoms. The summed E-state index contributed by atoms with van der Waals surface area (Å²) in [7, 11) is 2.00. The van der Waals surface area contributed by atoms with Crippen molar-refractivity contribution in [1.82, 2.24) is 14.7 Å². The quantitative estimate of drug-likeness (QED) is 0.415. The lowest BCUT2D eigenvalue weighted by molar-refractivity contribution is 0.454. The van der Waals surface area contributed by atoms with Gasteiger partial charge in [-0.1, -0.05) is 23.7 Å². The van der Waals surface area contributed by atoms with E-state index in [9.17, 15) is 0 Å². The summed E-state index contributed by atoms with van der Waals surface area (Å²) in [6.07, 6.45) is 3.67. The molecule has 0 saturated carbocycles. The minimum Gasteiger partial charge on any atom is -0.437 e. The molecule has 140 valence electrons. The van der Waals surface area contributed by atoms with Gasteiger partial charge in [0.25, 0.3) is 0 Å². The normalized spacial score (nSPS) is 11.1. The molecule has 0 aliphatic heterocycles. The lowest BCUT2D eigenvalue weighted by Gasteiger charge is -2.11. The fraction of sp³-hybridized carbons (Fsp3) is 0.238. The van der Waals surface area contributed by atoms with Crippen molar-refractivity contribution in [3.8, 4) is 17.3 Å². The second kappa shape index (κ2) is 8.27. The highest BCUT2D eigenvalue weighted by atomic mass is 35.5. The summed E-state index contributed by atoms with van der Waals surface area (Å²) in [5.41, 5.74) is 3.79. The summed E-state index contributed by atoms with van der Waals surface area (Å²) in [6, 6.07) is 13.4. The van der Waals surface area contributed by atoms with Crippen LogP contribution in [0.5, 0.6) is 11.6 Å². The second-order valence-electron chi connectivity index (χ2n) is 6.37. The molecule has 0 atom stereocenters. The number of aromatic nitrogens is 2. The van der Waals surface area contributed by atoms with E-state index in [0.29, 0.717) is 10.9 Å². The molecule has 0 saturated heterocycles. The van der Waals surface area contributed by atoms with Crippen LogP contribution in [0.3, 0.4) is 0 Å². The second-order valence-corrected chi connectivity index (χ2v) is 6.78. The van der Waals surface area contributed by atoms with E-state index < -0.39 is 0 Å². The van der Waals surface area contributed by atoms with Gasteiger partial charge < -0.3 is 9.64 Å². The molecule has 0 aliphatic rings. The molecule has 1 aromatic heterocycles. The Morgan fingerprint density at radius 3 is 2.70 bits per heavy atom. The van der Waals surface area contributed by atoms with Crippen molar-refractivity contribution in [3.63, 3.8) is 0 Å². The van der Waals surface area contributed by atoms with E-state index >= 15 is 0 Å². The molecule has 0 N–H and O–H groups in total. The van der Waals surface area contributed by atoms with Crippen LogP contribution in [0, 0.1) is 13.8 Å². The zero-order valence-electron chi connectivity index (χ0n) is 16.0. The Morgan fingerprint density at radius 1 is 1.19 bits per heavy atom. The van der Waals surface area contributed by atoms with Crippen LogP contribution in [-0.4, -0.2) is 34.6 Å². The van der Waals surface area contributed by atoms with Crippen molar-refractivity contribution < 1.29 is 4.74 Å². The van der Waals surface area contributed by atoms with Crippen LogP contribution in [0.2, 0.25) is 5.02 Å². The smallest absolute Gasteiger partial charge is 0.238 e. The molecule has 0 bridgehead atoms. The number of para-hydroxylation sites is 1. The molecular formula is C21H23ClN4O. The molecule has 3 aromatic rings. The highest BCUT2D eigenvalue weighted by Crippen LogP contribution is 2.31. The number of halogens is 1. The van der Waals surface area contributed by atoms with Crippen LogP contribution < -0.4 is 4.74 Å². The predicted octanol–water partition coefficient (Wildman–Crippen LogP) is 5.55. The monoisotopic (exact) mass is 382 g/mol. The van der Waals surface area contributed by atoms with Crippen molar-refractivity contribution in [2.45, 2.75) is 20.8 Å². The maximum atomic E-state index is 6.24. The zero-order chi connectivity index (χ0) is 19.4. The number of rotatable bonds is 6. The van der Waals surface area contributed by atoms with Gasteiger partial charge >= 0.3 is 0 Å². The average Bonchev–Trinajstić information content (AvgIpc) is 3.11. The third-order valence-electron chi connectivity index (χ3n) is 4.26. The van der Waals surface area contributed by atoms with E-state index in [0.717, 1.165) is 34.8 Å². The highest BCUT2D eigenvalue weighted by molar-refractivity contribution is 6.32. The molecular weight excluding hydrogens is 360 g/mol. The van der Waals surface area contributed by atoms with Crippen LogP contribution in [-0.2, 0) is 0 Å². The molecule has 1 heterocycles. The van der Waals surface area contributed by atoms with Gasteiger partial charge in [0.05, 0.1) is 22.7 Å². The van der Waals surface area contributed by atoms with Crippen LogP contribution in [0.15, 0.2) is 53.7 Å². The maximum absolute atomic E-state index is 6.24. The summed E-state index contributed by atoms with van der Waals surface area (Å²) in [4.78, 5) is 6.58. The van der Waals surface area contributed by atoms with Gasteiger partial charge in [-0.2, -0.15) is 0 Å². The van der Waals surface area contributed by atoms with Crippen molar-refractivity contribution in [2.24, 2.45) is 4.99 Å². The lowest BCUT2D eigenvalue weighted by atomic mass is 10.1. The number of ether oxygens (including phenoxy) is 1. The Hall–Kier alpha value is -2.79. The Balaban J connectivity index is 1.81. The molecule has 27 heavy (non-hydrogen) atoms. The lowest BCUT2D eigenvalue weighted by Crippen LogP contribution is -2.14. The van der Waals surface area contributed by atoms with E-state index in [-0.39, 0.29) is 0 Å². The number of hydrogen-bond acceptors (Lipinski definition) is 3. The van der Waals surface area contributed by atoms with Crippen molar-refractivity contribution in [1.29, 1.82) is 0 Å². The Labute approximate surface area is 164 Å². The summed E-state index contributed by atoms with van der Waals surface area (Å²) in [6.45, 7) is 7.02. The van der Waals surface area contributed by atoms with Crippen LogP contribution >= 0.6 is 11.6 Å². The number of aliphatic imine (C=N–C) groups is 1. The fourth-order valence-corrected chi connectivity index (χ4v) is 2.73. The van der Waals surface area contributed by atoms with Crippen molar-refractivity contribution in [2.75, 3.05) is 13.6 Å². The van der Waals surface area contributed by atoms with Gasteiger partial charge in [-0.05, 0) is 56.2 Å². The first-order chi connectivity index (χ1) is 13.0. The first-order valence-electron chi connectivity index (χ1n) is 8.82. The van der Waals surface area contributed by atoms with Gasteiger partial charge in [0.15, 0.2) is 0 Å². The van der Waals surface area contributed by atoms with E-state index in [1.54, 1.807) is 4.68 Å². The van der Waals surface area contributed by atoms with Gasteiger partial charge in [-0.25, -0.2) is 9.67 Å². The topological polar surface area (TPSA) is 42.6 Å². The standard InChI is InChI=1S/C21H23ClN4O/c1-5-25(4)14-23-18-12-16(3)20(13-15(18)2)27-21-10-11-26(24-21)19-9-7-6-8-17(19)22/h6-14H,5H2,1-4H3/b23-14+. The number of aryl methyl sites for hydroxylation is 2. The van der Waals surface area contributed by atoms with Crippen LogP contribution in [0.25, 0.3) is 5.69 Å². The zero-order valence-corrected chi connectivity index (χ0v) is 16.7. The first-order valence-corrected chi connectivity index (χ1v) is 9.20. The predicted molar refractivity (Wildman–Crippen MR) is 111 cm³/mol. The van der Waals surface area contributed by atoms with Gasteiger partial charge in [-0.3, -0.25) is 0 Å². The van der Waals surface area contributed by atoms with Crippen molar-refractivity contribution in [3.05, 3.63) is 64.8 Å². The summed E-state index contributed by atoms with van der Waals surface area (Å²) < 4.78 is 7.70. The Morgan fingerprint density at radius 2 is 1.96 bits per heavy atom. The largest absolute Gasteiger partial charge is 0.437 e. The molecule has 2 aromatic carbocycles. The first kappa shape index (κ1) is 19.0. The summed E-state index contributed by atoms with van der Waals surface area (Å²) in [5.74, 6) is 1.28. The Bertz CT molecular complexity index is 965. The number of benzene rings is 2. The van der Waals surface area contributed by atoms with E-state index in [1.165, 1.54) is 0 Å². The van der Waals surface area contributed by atoms with Crippen LogP contribution in [0.4, 0.5) is 5.69 Å². The molecule has 0 amide bonds. The highest BCUT2D eigenvalue weighted by Gasteiger charge is 2.10. The minimum atomic E-state index is 0.513. The van der Waals surface area contributed by atoms with Crippen molar-refractivity contribution >= 4 is 23.6 Å². The molecule has 0 radical (unpaired) electrons. The third kappa shape index (κ3) is 4.49. The molecule has 5 nitrogen and oxygen atoms in total. The molecule has 0 fully saturated rings. The van der Waals surface area contributed by atoms with Gasteiger partial charge in [-0.15, -0.1) is 5.10 Å². The van der Waals surface area contributed by atoms with E-state index in [1.807, 2.05) is 80.8 Å². The maximum Gasteiger partial charge on any atom is 0.238 e. The van der Waals surface area contributed by atoms with Gasteiger partial charge in [0, 0.05) is 25.9 Å². The molecule has 6 heteroatoms. The van der Waals surface area contributed by atoms with E-state index in [2.05, 4.69) is 17.0 Å². The molecule has 3 rings (SSSR count). The number of hydrogen-bond donors (Lipinski definition) is 0. The van der Waals surface area contributed by atoms with Gasteiger partial charge in [0.1, 0.15) is 5.75 Å². The number of nitrogens with zero attached hydrogens (tertiary/aromatic N) is 4. The van der Waals surface area contributed by atoms with Crippen LogP contribution in [0.1, 0.15) is 18.1 Å². The third-order valence-corrected chi connectivity index (χ3v) is 4.58. The van der Waals surface area contributed by atoms with E-state index in [4.69, 9.17) is 16.3 Å². The molecule has 0 aliphatic carbocycles. The average molecular weight is 383 g/mol. The van der Waals surface area contributed by atoms with Gasteiger partial charge in [0.2, 0.25) is 5.88 Å².